The standard InChI is InChI=1S/C14H15BrClNO3/c15-9-4-5-10(11(16)8-9)12(18)17-14(13(19)20)6-2-1-3-7-14/h4-5,8H,1-3,6-7H2,(H,17,18)(H,19,20). The Balaban J connectivity index is 2.22. The molecule has 1 aliphatic rings. The quantitative estimate of drug-likeness (QED) is 0.865. The molecule has 0 bridgehead atoms. The van der Waals surface area contributed by atoms with Crippen molar-refractivity contribution in [1.29, 1.82) is 0 Å². The molecule has 1 fully saturated rings. The molecule has 0 aromatic heterocycles. The van der Waals surface area contributed by atoms with Crippen LogP contribution in [0.1, 0.15) is 42.5 Å². The van der Waals surface area contributed by atoms with Crippen LogP contribution < -0.4 is 5.32 Å². The summed E-state index contributed by atoms with van der Waals surface area (Å²) in [7, 11) is 0. The van der Waals surface area contributed by atoms with Gasteiger partial charge in [-0.25, -0.2) is 4.79 Å². The van der Waals surface area contributed by atoms with Crippen LogP contribution in [0.15, 0.2) is 22.7 Å². The average molecular weight is 361 g/mol. The number of carbonyl (C=O) groups excluding carboxylic acids is 1. The van der Waals surface area contributed by atoms with E-state index >= 15 is 0 Å². The Kier molecular flexibility index (Phi) is 4.70. The van der Waals surface area contributed by atoms with Crippen LogP contribution >= 0.6 is 27.5 Å². The maximum Gasteiger partial charge on any atom is 0.329 e. The topological polar surface area (TPSA) is 66.4 Å². The van der Waals surface area contributed by atoms with E-state index in [1.165, 1.54) is 0 Å². The predicted molar refractivity (Wildman–Crippen MR) is 80.1 cm³/mol. The molecule has 108 valence electrons. The summed E-state index contributed by atoms with van der Waals surface area (Å²) in [6.45, 7) is 0. The molecule has 20 heavy (non-hydrogen) atoms. The summed E-state index contributed by atoms with van der Waals surface area (Å²) in [4.78, 5) is 23.8. The highest BCUT2D eigenvalue weighted by Gasteiger charge is 2.41. The molecule has 0 unspecified atom stereocenters. The third-order valence-corrected chi connectivity index (χ3v) is 4.45. The van der Waals surface area contributed by atoms with E-state index in [0.717, 1.165) is 23.7 Å². The van der Waals surface area contributed by atoms with Crippen LogP contribution in [0.2, 0.25) is 5.02 Å². The van der Waals surface area contributed by atoms with Gasteiger partial charge in [-0.1, -0.05) is 46.8 Å². The Morgan fingerprint density at radius 3 is 2.45 bits per heavy atom. The lowest BCUT2D eigenvalue weighted by atomic mass is 9.81. The molecule has 1 aromatic rings. The van der Waals surface area contributed by atoms with E-state index in [4.69, 9.17) is 11.6 Å². The minimum absolute atomic E-state index is 0.293. The van der Waals surface area contributed by atoms with E-state index in [-0.39, 0.29) is 0 Å². The monoisotopic (exact) mass is 359 g/mol. The van der Waals surface area contributed by atoms with Crippen molar-refractivity contribution in [2.45, 2.75) is 37.6 Å². The first-order valence-electron chi connectivity index (χ1n) is 6.45. The third-order valence-electron chi connectivity index (χ3n) is 3.65. The van der Waals surface area contributed by atoms with E-state index in [9.17, 15) is 14.7 Å². The molecule has 0 atom stereocenters. The van der Waals surface area contributed by atoms with E-state index in [1.807, 2.05) is 0 Å². The highest BCUT2D eigenvalue weighted by Crippen LogP contribution is 2.30. The Bertz CT molecular complexity index is 541. The molecule has 1 saturated carbocycles. The van der Waals surface area contributed by atoms with E-state index < -0.39 is 17.4 Å². The Labute approximate surface area is 130 Å². The summed E-state index contributed by atoms with van der Waals surface area (Å²) in [6.07, 6.45) is 3.54. The fraction of sp³-hybridized carbons (Fsp3) is 0.429. The molecule has 0 aliphatic heterocycles. The predicted octanol–water partition coefficient (Wildman–Crippen LogP) is 3.62. The van der Waals surface area contributed by atoms with Crippen LogP contribution in [0.4, 0.5) is 0 Å². The van der Waals surface area contributed by atoms with Crippen molar-refractivity contribution in [2.75, 3.05) is 0 Å². The number of nitrogens with one attached hydrogen (secondary N) is 1. The zero-order chi connectivity index (χ0) is 14.8. The van der Waals surface area contributed by atoms with Crippen LogP contribution in [0.5, 0.6) is 0 Å². The minimum atomic E-state index is -1.16. The lowest BCUT2D eigenvalue weighted by molar-refractivity contribution is -0.145. The van der Waals surface area contributed by atoms with Gasteiger partial charge in [0.05, 0.1) is 10.6 Å². The molecular formula is C14H15BrClNO3. The van der Waals surface area contributed by atoms with Gasteiger partial charge in [0.2, 0.25) is 0 Å². The molecule has 1 aromatic carbocycles. The summed E-state index contributed by atoms with van der Waals surface area (Å²) in [5.74, 6) is -1.41. The third kappa shape index (κ3) is 3.15. The Hall–Kier alpha value is -1.07. The van der Waals surface area contributed by atoms with Gasteiger partial charge in [-0.15, -0.1) is 0 Å². The van der Waals surface area contributed by atoms with Crippen molar-refractivity contribution in [3.63, 3.8) is 0 Å². The van der Waals surface area contributed by atoms with Crippen LogP contribution in [0.3, 0.4) is 0 Å². The van der Waals surface area contributed by atoms with Gasteiger partial charge in [-0.05, 0) is 31.0 Å². The van der Waals surface area contributed by atoms with E-state index in [0.29, 0.717) is 23.4 Å². The van der Waals surface area contributed by atoms with Gasteiger partial charge >= 0.3 is 5.97 Å². The molecule has 6 heteroatoms. The van der Waals surface area contributed by atoms with Crippen molar-refractivity contribution in [1.82, 2.24) is 5.32 Å². The summed E-state index contributed by atoms with van der Waals surface area (Å²) in [5.41, 5.74) is -0.868. The molecular weight excluding hydrogens is 346 g/mol. The van der Waals surface area contributed by atoms with Crippen molar-refractivity contribution < 1.29 is 14.7 Å². The van der Waals surface area contributed by atoms with Gasteiger partial charge in [-0.2, -0.15) is 0 Å². The Morgan fingerprint density at radius 1 is 1.25 bits per heavy atom. The number of carboxylic acid groups (broad SMARTS) is 1. The summed E-state index contributed by atoms with van der Waals surface area (Å²) < 4.78 is 0.768. The lowest BCUT2D eigenvalue weighted by Gasteiger charge is -2.34. The number of halogens is 2. The minimum Gasteiger partial charge on any atom is -0.480 e. The van der Waals surface area contributed by atoms with Gasteiger partial charge in [0.25, 0.3) is 5.91 Å². The van der Waals surface area contributed by atoms with Crippen LogP contribution in [-0.4, -0.2) is 22.5 Å². The van der Waals surface area contributed by atoms with Gasteiger partial charge in [-0.3, -0.25) is 4.79 Å². The second-order valence-corrected chi connectivity index (χ2v) is 6.35. The normalized spacial score (nSPS) is 17.5. The number of hydrogen-bond acceptors (Lipinski definition) is 2. The van der Waals surface area contributed by atoms with Gasteiger partial charge in [0.1, 0.15) is 5.54 Å². The van der Waals surface area contributed by atoms with Gasteiger partial charge in [0.15, 0.2) is 0 Å². The first-order chi connectivity index (χ1) is 9.44. The first kappa shape index (κ1) is 15.3. The summed E-state index contributed by atoms with van der Waals surface area (Å²) in [5, 5.41) is 12.4. The molecule has 0 spiro atoms. The molecule has 4 nitrogen and oxygen atoms in total. The largest absolute Gasteiger partial charge is 0.480 e. The number of carbonyl (C=O) groups is 2. The highest BCUT2D eigenvalue weighted by molar-refractivity contribution is 9.10. The number of amides is 1. The van der Waals surface area contributed by atoms with Crippen molar-refractivity contribution >= 4 is 39.4 Å². The van der Waals surface area contributed by atoms with Gasteiger partial charge < -0.3 is 10.4 Å². The van der Waals surface area contributed by atoms with Crippen molar-refractivity contribution in [3.8, 4) is 0 Å². The maximum atomic E-state index is 12.3. The maximum absolute atomic E-state index is 12.3. The summed E-state index contributed by atoms with van der Waals surface area (Å²) in [6, 6.07) is 4.90. The second kappa shape index (κ2) is 6.14. The van der Waals surface area contributed by atoms with Crippen LogP contribution in [-0.2, 0) is 4.79 Å². The van der Waals surface area contributed by atoms with Crippen molar-refractivity contribution in [3.05, 3.63) is 33.3 Å². The number of rotatable bonds is 3. The lowest BCUT2D eigenvalue weighted by Crippen LogP contribution is -2.55. The average Bonchev–Trinajstić information content (AvgIpc) is 2.39. The molecule has 1 amide bonds. The number of aliphatic carboxylic acids is 1. The first-order valence-corrected chi connectivity index (χ1v) is 7.63. The SMILES string of the molecule is O=C(NC1(C(=O)O)CCCCC1)c1ccc(Br)cc1Cl. The Morgan fingerprint density at radius 2 is 1.90 bits per heavy atom. The molecule has 2 N–H and O–H groups in total. The number of benzene rings is 1. The van der Waals surface area contributed by atoms with E-state index in [2.05, 4.69) is 21.2 Å². The van der Waals surface area contributed by atoms with Crippen LogP contribution in [0.25, 0.3) is 0 Å². The molecule has 0 heterocycles. The summed E-state index contributed by atoms with van der Waals surface area (Å²) >= 11 is 9.30. The zero-order valence-electron chi connectivity index (χ0n) is 10.8. The number of hydrogen-bond donors (Lipinski definition) is 2. The smallest absolute Gasteiger partial charge is 0.329 e. The molecule has 0 radical (unpaired) electrons. The van der Waals surface area contributed by atoms with Crippen molar-refractivity contribution in [2.24, 2.45) is 0 Å². The highest BCUT2D eigenvalue weighted by atomic mass is 79.9. The van der Waals surface area contributed by atoms with E-state index in [1.54, 1.807) is 18.2 Å². The second-order valence-electron chi connectivity index (χ2n) is 5.03. The fourth-order valence-corrected chi connectivity index (χ4v) is 3.27. The molecule has 1 aliphatic carbocycles. The molecule has 2 rings (SSSR count). The van der Waals surface area contributed by atoms with Crippen LogP contribution in [0, 0.1) is 0 Å². The number of carboxylic acids is 1. The fourth-order valence-electron chi connectivity index (χ4n) is 2.51. The molecule has 0 saturated heterocycles. The van der Waals surface area contributed by atoms with Gasteiger partial charge in [0, 0.05) is 4.47 Å². The zero-order valence-corrected chi connectivity index (χ0v) is 13.1.